The average molecular weight is 297 g/mol. The lowest BCUT2D eigenvalue weighted by Crippen LogP contribution is -2.22. The van der Waals surface area contributed by atoms with Gasteiger partial charge in [-0.2, -0.15) is 13.2 Å². The van der Waals surface area contributed by atoms with Crippen LogP contribution in [0.2, 0.25) is 0 Å². The van der Waals surface area contributed by atoms with Crippen LogP contribution in [0.3, 0.4) is 0 Å². The Kier molecular flexibility index (Phi) is 4.67. The van der Waals surface area contributed by atoms with E-state index in [1.807, 2.05) is 17.7 Å². The maximum absolute atomic E-state index is 12.8. The van der Waals surface area contributed by atoms with Crippen LogP contribution in [0.15, 0.2) is 36.7 Å². The van der Waals surface area contributed by atoms with Gasteiger partial charge in [0.15, 0.2) is 0 Å². The van der Waals surface area contributed by atoms with Gasteiger partial charge in [-0.1, -0.05) is 19.1 Å². The van der Waals surface area contributed by atoms with Crippen molar-refractivity contribution in [2.24, 2.45) is 0 Å². The molecule has 0 aliphatic heterocycles. The van der Waals surface area contributed by atoms with Crippen LogP contribution in [0.4, 0.5) is 13.2 Å². The van der Waals surface area contributed by atoms with E-state index in [4.69, 9.17) is 0 Å². The molecule has 0 aliphatic carbocycles. The number of nitrogens with zero attached hydrogens (tertiary/aromatic N) is 2. The first-order valence-electron chi connectivity index (χ1n) is 6.82. The number of aryl methyl sites for hydroxylation is 1. The van der Waals surface area contributed by atoms with E-state index < -0.39 is 11.7 Å². The zero-order valence-corrected chi connectivity index (χ0v) is 12.0. The fraction of sp³-hybridized carbons (Fsp3) is 0.400. The lowest BCUT2D eigenvalue weighted by molar-refractivity contribution is -0.137. The van der Waals surface area contributed by atoms with Gasteiger partial charge in [-0.3, -0.25) is 0 Å². The van der Waals surface area contributed by atoms with E-state index in [-0.39, 0.29) is 6.04 Å². The van der Waals surface area contributed by atoms with Crippen LogP contribution in [0.25, 0.3) is 0 Å². The Balaban J connectivity index is 2.40. The summed E-state index contributed by atoms with van der Waals surface area (Å²) in [6, 6.07) is 4.99. The largest absolute Gasteiger partial charge is 0.416 e. The number of hydrogen-bond donors (Lipinski definition) is 1. The molecule has 0 radical (unpaired) electrons. The normalized spacial score (nSPS) is 13.4. The van der Waals surface area contributed by atoms with Crippen molar-refractivity contribution in [3.8, 4) is 0 Å². The molecular weight excluding hydrogens is 279 g/mol. The van der Waals surface area contributed by atoms with Gasteiger partial charge >= 0.3 is 6.18 Å². The molecule has 21 heavy (non-hydrogen) atoms. The second-order valence-corrected chi connectivity index (χ2v) is 4.82. The van der Waals surface area contributed by atoms with Crippen LogP contribution >= 0.6 is 0 Å². The lowest BCUT2D eigenvalue weighted by Gasteiger charge is -2.19. The summed E-state index contributed by atoms with van der Waals surface area (Å²) in [5, 5.41) is 3.05. The fourth-order valence-corrected chi connectivity index (χ4v) is 2.35. The summed E-state index contributed by atoms with van der Waals surface area (Å²) in [4.78, 5) is 4.29. The SMILES string of the molecule is CCCn1ccnc1C(NC)c1cccc(C(F)(F)F)c1. The van der Waals surface area contributed by atoms with Gasteiger partial charge in [0, 0.05) is 18.9 Å². The number of imidazole rings is 1. The maximum atomic E-state index is 12.8. The van der Waals surface area contributed by atoms with E-state index in [1.54, 1.807) is 19.3 Å². The summed E-state index contributed by atoms with van der Waals surface area (Å²) in [6.45, 7) is 2.83. The third-order valence-corrected chi connectivity index (χ3v) is 3.31. The molecule has 0 fully saturated rings. The monoisotopic (exact) mass is 297 g/mol. The van der Waals surface area contributed by atoms with Crippen molar-refractivity contribution in [2.75, 3.05) is 7.05 Å². The van der Waals surface area contributed by atoms with E-state index in [9.17, 15) is 13.2 Å². The van der Waals surface area contributed by atoms with Gasteiger partial charge in [0.1, 0.15) is 5.82 Å². The van der Waals surface area contributed by atoms with Crippen LogP contribution in [0.5, 0.6) is 0 Å². The summed E-state index contributed by atoms with van der Waals surface area (Å²) in [5.74, 6) is 0.721. The topological polar surface area (TPSA) is 29.9 Å². The highest BCUT2D eigenvalue weighted by atomic mass is 19.4. The number of aromatic nitrogens is 2. The quantitative estimate of drug-likeness (QED) is 0.913. The number of rotatable bonds is 5. The third kappa shape index (κ3) is 3.44. The molecule has 2 aromatic rings. The Hall–Kier alpha value is -1.82. The smallest absolute Gasteiger partial charge is 0.333 e. The molecule has 6 heteroatoms. The predicted octanol–water partition coefficient (Wildman–Crippen LogP) is 3.62. The average Bonchev–Trinajstić information content (AvgIpc) is 2.88. The molecule has 0 saturated carbocycles. The summed E-state index contributed by atoms with van der Waals surface area (Å²) in [5.41, 5.74) is -0.0928. The molecule has 0 aliphatic rings. The molecule has 0 amide bonds. The summed E-state index contributed by atoms with van der Waals surface area (Å²) < 4.78 is 40.5. The highest BCUT2D eigenvalue weighted by molar-refractivity contribution is 5.31. The number of benzene rings is 1. The highest BCUT2D eigenvalue weighted by Crippen LogP contribution is 2.31. The first kappa shape index (κ1) is 15.6. The number of hydrogen-bond acceptors (Lipinski definition) is 2. The van der Waals surface area contributed by atoms with Crippen LogP contribution in [-0.4, -0.2) is 16.6 Å². The minimum absolute atomic E-state index is 0.367. The highest BCUT2D eigenvalue weighted by Gasteiger charge is 2.31. The van der Waals surface area contributed by atoms with Gasteiger partial charge in [-0.25, -0.2) is 4.98 Å². The molecule has 1 aromatic carbocycles. The minimum Gasteiger partial charge on any atom is -0.333 e. The zero-order chi connectivity index (χ0) is 15.5. The van der Waals surface area contributed by atoms with E-state index in [2.05, 4.69) is 10.3 Å². The van der Waals surface area contributed by atoms with Gasteiger partial charge in [0.05, 0.1) is 11.6 Å². The summed E-state index contributed by atoms with van der Waals surface area (Å²) in [7, 11) is 1.72. The summed E-state index contributed by atoms with van der Waals surface area (Å²) in [6.07, 6.45) is 0.106. The van der Waals surface area contributed by atoms with Crippen LogP contribution in [0, 0.1) is 0 Å². The van der Waals surface area contributed by atoms with Gasteiger partial charge in [0.2, 0.25) is 0 Å². The molecule has 0 spiro atoms. The molecule has 1 aromatic heterocycles. The second-order valence-electron chi connectivity index (χ2n) is 4.82. The molecule has 1 N–H and O–H groups in total. The van der Waals surface area contributed by atoms with Crippen molar-refractivity contribution < 1.29 is 13.2 Å². The molecule has 114 valence electrons. The molecular formula is C15H18F3N3. The van der Waals surface area contributed by atoms with Crippen molar-refractivity contribution >= 4 is 0 Å². The molecule has 3 nitrogen and oxygen atoms in total. The summed E-state index contributed by atoms with van der Waals surface area (Å²) >= 11 is 0. The van der Waals surface area contributed by atoms with Crippen molar-refractivity contribution in [3.63, 3.8) is 0 Å². The van der Waals surface area contributed by atoms with Crippen molar-refractivity contribution in [1.82, 2.24) is 14.9 Å². The molecule has 1 heterocycles. The molecule has 1 atom stereocenters. The second kappa shape index (κ2) is 6.30. The van der Waals surface area contributed by atoms with E-state index in [1.165, 1.54) is 12.1 Å². The number of halogens is 3. The lowest BCUT2D eigenvalue weighted by atomic mass is 10.0. The van der Waals surface area contributed by atoms with Crippen LogP contribution in [0.1, 0.15) is 36.3 Å². The van der Waals surface area contributed by atoms with E-state index >= 15 is 0 Å². The van der Waals surface area contributed by atoms with Crippen LogP contribution < -0.4 is 5.32 Å². The van der Waals surface area contributed by atoms with E-state index in [0.29, 0.717) is 5.56 Å². The van der Waals surface area contributed by atoms with Gasteiger partial charge in [-0.15, -0.1) is 0 Å². The number of alkyl halides is 3. The fourth-order valence-electron chi connectivity index (χ4n) is 2.35. The standard InChI is InChI=1S/C15H18F3N3/c1-3-8-21-9-7-20-14(21)13(19-2)11-5-4-6-12(10-11)15(16,17)18/h4-7,9-10,13,19H,3,8H2,1-2H3. The molecule has 0 bridgehead atoms. The first-order valence-corrected chi connectivity index (χ1v) is 6.82. The Labute approximate surface area is 121 Å². The molecule has 2 rings (SSSR count). The van der Waals surface area contributed by atoms with Gasteiger partial charge in [0.25, 0.3) is 0 Å². The Bertz CT molecular complexity index is 590. The predicted molar refractivity (Wildman–Crippen MR) is 74.9 cm³/mol. The van der Waals surface area contributed by atoms with Gasteiger partial charge in [-0.05, 0) is 31.2 Å². The van der Waals surface area contributed by atoms with Crippen molar-refractivity contribution in [2.45, 2.75) is 32.1 Å². The maximum Gasteiger partial charge on any atom is 0.416 e. The Morgan fingerprint density at radius 2 is 2.10 bits per heavy atom. The van der Waals surface area contributed by atoms with Crippen molar-refractivity contribution in [1.29, 1.82) is 0 Å². The molecule has 1 unspecified atom stereocenters. The van der Waals surface area contributed by atoms with Crippen LogP contribution in [-0.2, 0) is 12.7 Å². The zero-order valence-electron chi connectivity index (χ0n) is 12.0. The Morgan fingerprint density at radius 1 is 1.33 bits per heavy atom. The Morgan fingerprint density at radius 3 is 2.71 bits per heavy atom. The first-order chi connectivity index (χ1) is 9.97. The van der Waals surface area contributed by atoms with E-state index in [0.717, 1.165) is 24.9 Å². The number of nitrogens with one attached hydrogen (secondary N) is 1. The third-order valence-electron chi connectivity index (χ3n) is 3.31. The van der Waals surface area contributed by atoms with Gasteiger partial charge < -0.3 is 9.88 Å². The molecule has 0 saturated heterocycles. The van der Waals surface area contributed by atoms with Crippen molar-refractivity contribution in [3.05, 3.63) is 53.6 Å². The minimum atomic E-state index is -4.34.